The maximum Gasteiger partial charge on any atom is 0.218 e. The third-order valence-corrected chi connectivity index (χ3v) is 7.37. The third-order valence-electron chi connectivity index (χ3n) is 5.06. The molecule has 3 aliphatic rings. The summed E-state index contributed by atoms with van der Waals surface area (Å²) in [6, 6.07) is 1.90. The standard InChI is InChI=1S/C16H24N4O3S/c21-24(22,20-8-10-23-11-9-20)14-2-1-7-19(12-14)15-5-6-17-16(18-15)13-3-4-13/h5-6,13-14H,1-4,7-12H2/t14-/m0/s1. The molecule has 4 rings (SSSR count). The number of piperidine rings is 1. The van der Waals surface area contributed by atoms with Gasteiger partial charge in [0.1, 0.15) is 11.6 Å². The summed E-state index contributed by atoms with van der Waals surface area (Å²) in [5.41, 5.74) is 0. The van der Waals surface area contributed by atoms with E-state index >= 15 is 0 Å². The van der Waals surface area contributed by atoms with Gasteiger partial charge in [0.15, 0.2) is 0 Å². The van der Waals surface area contributed by atoms with E-state index in [2.05, 4.69) is 14.9 Å². The molecule has 1 aromatic heterocycles. The Morgan fingerprint density at radius 1 is 1.12 bits per heavy atom. The predicted octanol–water partition coefficient (Wildman–Crippen LogP) is 0.985. The molecule has 7 nitrogen and oxygen atoms in total. The zero-order valence-electron chi connectivity index (χ0n) is 13.8. The Hall–Kier alpha value is -1.25. The third kappa shape index (κ3) is 3.27. The van der Waals surface area contributed by atoms with Gasteiger partial charge in [0.2, 0.25) is 10.0 Å². The minimum absolute atomic E-state index is 0.358. The molecule has 0 amide bonds. The Morgan fingerprint density at radius 2 is 1.92 bits per heavy atom. The van der Waals surface area contributed by atoms with Crippen LogP contribution in [0.1, 0.15) is 37.4 Å². The smallest absolute Gasteiger partial charge is 0.218 e. The van der Waals surface area contributed by atoms with Crippen LogP contribution in [0.2, 0.25) is 0 Å². The first-order valence-corrected chi connectivity index (χ1v) is 10.3. The van der Waals surface area contributed by atoms with Crippen LogP contribution >= 0.6 is 0 Å². The van der Waals surface area contributed by atoms with Gasteiger partial charge >= 0.3 is 0 Å². The lowest BCUT2D eigenvalue weighted by atomic mass is 10.1. The van der Waals surface area contributed by atoms with E-state index < -0.39 is 10.0 Å². The topological polar surface area (TPSA) is 75.6 Å². The van der Waals surface area contributed by atoms with Crippen molar-refractivity contribution in [3.63, 3.8) is 0 Å². The van der Waals surface area contributed by atoms with Gasteiger partial charge in [-0.25, -0.2) is 18.4 Å². The molecule has 132 valence electrons. The molecule has 24 heavy (non-hydrogen) atoms. The number of sulfonamides is 1. The van der Waals surface area contributed by atoms with E-state index in [0.717, 1.165) is 43.9 Å². The van der Waals surface area contributed by atoms with E-state index in [1.807, 2.05) is 6.07 Å². The number of hydrogen-bond donors (Lipinski definition) is 0. The Balaban J connectivity index is 1.50. The molecule has 0 N–H and O–H groups in total. The number of hydrogen-bond acceptors (Lipinski definition) is 6. The fourth-order valence-corrected chi connectivity index (χ4v) is 5.39. The summed E-state index contributed by atoms with van der Waals surface area (Å²) < 4.78 is 32.7. The minimum atomic E-state index is -3.27. The van der Waals surface area contributed by atoms with Crippen molar-refractivity contribution < 1.29 is 13.2 Å². The normalized spacial score (nSPS) is 26.5. The number of nitrogens with zero attached hydrogens (tertiary/aromatic N) is 4. The van der Waals surface area contributed by atoms with Gasteiger partial charge in [-0.2, -0.15) is 4.31 Å². The van der Waals surface area contributed by atoms with Crippen molar-refractivity contribution in [1.29, 1.82) is 0 Å². The Kier molecular flexibility index (Phi) is 4.44. The Bertz CT molecular complexity index is 686. The van der Waals surface area contributed by atoms with Gasteiger partial charge < -0.3 is 9.64 Å². The summed E-state index contributed by atoms with van der Waals surface area (Å²) in [7, 11) is -3.27. The molecule has 0 aromatic carbocycles. The van der Waals surface area contributed by atoms with Gasteiger partial charge in [-0.1, -0.05) is 0 Å². The van der Waals surface area contributed by atoms with Gasteiger partial charge in [-0.05, 0) is 31.7 Å². The van der Waals surface area contributed by atoms with Gasteiger partial charge in [-0.3, -0.25) is 0 Å². The molecule has 2 aliphatic heterocycles. The zero-order valence-corrected chi connectivity index (χ0v) is 14.6. The van der Waals surface area contributed by atoms with Crippen LogP contribution in [-0.4, -0.2) is 67.3 Å². The van der Waals surface area contributed by atoms with Crippen LogP contribution in [0.15, 0.2) is 12.3 Å². The van der Waals surface area contributed by atoms with Crippen molar-refractivity contribution in [2.45, 2.75) is 36.9 Å². The highest BCUT2D eigenvalue weighted by Gasteiger charge is 2.36. The first-order chi connectivity index (χ1) is 11.6. The van der Waals surface area contributed by atoms with E-state index in [4.69, 9.17) is 4.74 Å². The van der Waals surface area contributed by atoms with Crippen LogP contribution in [0, 0.1) is 0 Å². The zero-order chi connectivity index (χ0) is 16.6. The molecule has 1 aromatic rings. The summed E-state index contributed by atoms with van der Waals surface area (Å²) in [6.45, 7) is 3.30. The molecule has 1 atom stereocenters. The van der Waals surface area contributed by atoms with Crippen LogP contribution in [0.5, 0.6) is 0 Å². The maximum absolute atomic E-state index is 12.9. The summed E-state index contributed by atoms with van der Waals surface area (Å²) in [4.78, 5) is 11.1. The molecule has 2 saturated heterocycles. The molecule has 1 saturated carbocycles. The number of aromatic nitrogens is 2. The van der Waals surface area contributed by atoms with Crippen LogP contribution in [-0.2, 0) is 14.8 Å². The largest absolute Gasteiger partial charge is 0.379 e. The second-order valence-electron chi connectivity index (χ2n) is 6.81. The van der Waals surface area contributed by atoms with Crippen molar-refractivity contribution in [3.05, 3.63) is 18.1 Å². The van der Waals surface area contributed by atoms with Crippen molar-refractivity contribution in [2.24, 2.45) is 0 Å². The molecule has 8 heteroatoms. The average molecular weight is 352 g/mol. The molecule has 0 bridgehead atoms. The van der Waals surface area contributed by atoms with E-state index in [0.29, 0.717) is 38.8 Å². The summed E-state index contributed by atoms with van der Waals surface area (Å²) in [6.07, 6.45) is 5.72. The highest BCUT2D eigenvalue weighted by atomic mass is 32.2. The van der Waals surface area contributed by atoms with Crippen LogP contribution in [0.3, 0.4) is 0 Å². The van der Waals surface area contributed by atoms with Gasteiger partial charge in [0.25, 0.3) is 0 Å². The van der Waals surface area contributed by atoms with E-state index in [1.54, 1.807) is 10.5 Å². The van der Waals surface area contributed by atoms with E-state index in [1.165, 1.54) is 0 Å². The first kappa shape index (κ1) is 16.2. The van der Waals surface area contributed by atoms with Gasteiger partial charge in [-0.15, -0.1) is 0 Å². The second-order valence-corrected chi connectivity index (χ2v) is 9.03. The van der Waals surface area contributed by atoms with Crippen molar-refractivity contribution in [1.82, 2.24) is 14.3 Å². The first-order valence-electron chi connectivity index (χ1n) is 8.79. The quantitative estimate of drug-likeness (QED) is 0.804. The number of ether oxygens (including phenoxy) is 1. The van der Waals surface area contributed by atoms with Crippen LogP contribution in [0.4, 0.5) is 5.82 Å². The maximum atomic E-state index is 12.9. The molecule has 0 spiro atoms. The SMILES string of the molecule is O=S(=O)([C@H]1CCCN(c2ccnc(C3CC3)n2)C1)N1CCOCC1. The van der Waals surface area contributed by atoms with Crippen molar-refractivity contribution in [2.75, 3.05) is 44.3 Å². The van der Waals surface area contributed by atoms with Gasteiger partial charge in [0, 0.05) is 38.3 Å². The fourth-order valence-electron chi connectivity index (χ4n) is 3.48. The van der Waals surface area contributed by atoms with Crippen molar-refractivity contribution >= 4 is 15.8 Å². The summed E-state index contributed by atoms with van der Waals surface area (Å²) >= 11 is 0. The van der Waals surface area contributed by atoms with Crippen LogP contribution in [0.25, 0.3) is 0 Å². The summed E-state index contributed by atoms with van der Waals surface area (Å²) in [5.74, 6) is 2.28. The predicted molar refractivity (Wildman–Crippen MR) is 90.6 cm³/mol. The minimum Gasteiger partial charge on any atom is -0.379 e. The molecular weight excluding hydrogens is 328 g/mol. The fraction of sp³-hybridized carbons (Fsp3) is 0.750. The number of morpholine rings is 1. The highest BCUT2D eigenvalue weighted by molar-refractivity contribution is 7.89. The Morgan fingerprint density at radius 3 is 2.67 bits per heavy atom. The van der Waals surface area contributed by atoms with Crippen LogP contribution < -0.4 is 4.90 Å². The monoisotopic (exact) mass is 352 g/mol. The lowest BCUT2D eigenvalue weighted by molar-refractivity contribution is 0.0725. The van der Waals surface area contributed by atoms with E-state index in [-0.39, 0.29) is 5.25 Å². The number of anilines is 1. The molecule has 3 heterocycles. The molecule has 3 fully saturated rings. The average Bonchev–Trinajstić information content (AvgIpc) is 3.48. The lowest BCUT2D eigenvalue weighted by Crippen LogP contribution is -2.51. The summed E-state index contributed by atoms with van der Waals surface area (Å²) in [5, 5.41) is -0.358. The lowest BCUT2D eigenvalue weighted by Gasteiger charge is -2.36. The van der Waals surface area contributed by atoms with Gasteiger partial charge in [0.05, 0.1) is 18.5 Å². The molecule has 0 radical (unpaired) electrons. The Labute approximate surface area is 143 Å². The number of rotatable bonds is 4. The van der Waals surface area contributed by atoms with Crippen molar-refractivity contribution in [3.8, 4) is 0 Å². The second kappa shape index (κ2) is 6.57. The highest BCUT2D eigenvalue weighted by Crippen LogP contribution is 2.38. The molecule has 1 aliphatic carbocycles. The van der Waals surface area contributed by atoms with E-state index in [9.17, 15) is 8.42 Å². The molecule has 0 unspecified atom stereocenters. The molecular formula is C16H24N4O3S.